The van der Waals surface area contributed by atoms with E-state index in [2.05, 4.69) is 91.0 Å². The van der Waals surface area contributed by atoms with Crippen LogP contribution in [0.5, 0.6) is 0 Å². The molecule has 0 aliphatic carbocycles. The average Bonchev–Trinajstić information content (AvgIpc) is 2.77. The lowest BCUT2D eigenvalue weighted by Gasteiger charge is -2.37. The summed E-state index contributed by atoms with van der Waals surface area (Å²) in [5.74, 6) is 0. The number of rotatable bonds is 6. The van der Waals surface area contributed by atoms with Gasteiger partial charge in [0.05, 0.1) is 12.7 Å². The number of hydrogen-bond donors (Lipinski definition) is 0. The van der Waals surface area contributed by atoms with Gasteiger partial charge in [0.25, 0.3) is 0 Å². The van der Waals surface area contributed by atoms with E-state index in [1.807, 2.05) is 0 Å². The van der Waals surface area contributed by atoms with Gasteiger partial charge in [0, 0.05) is 6.61 Å². The Kier molecular flexibility index (Phi) is 5.66. The van der Waals surface area contributed by atoms with Crippen LogP contribution in [0.15, 0.2) is 91.0 Å². The van der Waals surface area contributed by atoms with E-state index in [1.54, 1.807) is 0 Å². The molecule has 0 aromatic heterocycles. The Hall–Kier alpha value is -2.42. The summed E-state index contributed by atoms with van der Waals surface area (Å²) in [6.45, 7) is 1.42. The predicted molar refractivity (Wildman–Crippen MR) is 109 cm³/mol. The third kappa shape index (κ3) is 3.83. The first-order valence-electron chi connectivity index (χ1n) is 9.82. The van der Waals surface area contributed by atoms with Gasteiger partial charge in [0.2, 0.25) is 0 Å². The van der Waals surface area contributed by atoms with Crippen molar-refractivity contribution in [3.05, 3.63) is 108 Å². The van der Waals surface area contributed by atoms with Gasteiger partial charge in [-0.1, -0.05) is 91.0 Å². The van der Waals surface area contributed by atoms with E-state index in [4.69, 9.17) is 9.47 Å². The Bertz CT molecular complexity index is 712. The van der Waals surface area contributed by atoms with Crippen molar-refractivity contribution in [1.82, 2.24) is 0 Å². The van der Waals surface area contributed by atoms with Gasteiger partial charge in [-0.15, -0.1) is 0 Å². The molecule has 1 aliphatic heterocycles. The topological polar surface area (TPSA) is 18.5 Å². The van der Waals surface area contributed by atoms with Gasteiger partial charge in [-0.05, 0) is 36.0 Å². The standard InChI is InChI=1S/C25H26O2/c1-4-12-21(13-5-1)25(22-14-6-2-7-15-22,23-16-8-3-9-17-23)27-20-24-18-10-11-19-26-24/h1-9,12-17,24H,10-11,18-20H2/t24-/m1/s1. The van der Waals surface area contributed by atoms with E-state index in [0.29, 0.717) is 6.61 Å². The Labute approximate surface area is 161 Å². The van der Waals surface area contributed by atoms with Crippen molar-refractivity contribution in [3.8, 4) is 0 Å². The summed E-state index contributed by atoms with van der Waals surface area (Å²) in [6.07, 6.45) is 3.59. The highest BCUT2D eigenvalue weighted by Crippen LogP contribution is 2.40. The molecule has 1 atom stereocenters. The molecule has 27 heavy (non-hydrogen) atoms. The normalized spacial score (nSPS) is 17.6. The lowest BCUT2D eigenvalue weighted by Crippen LogP contribution is -2.37. The van der Waals surface area contributed by atoms with Crippen LogP contribution in [0, 0.1) is 0 Å². The minimum absolute atomic E-state index is 0.161. The maximum Gasteiger partial charge on any atom is 0.143 e. The van der Waals surface area contributed by atoms with Crippen LogP contribution in [0.3, 0.4) is 0 Å². The first-order chi connectivity index (χ1) is 13.4. The van der Waals surface area contributed by atoms with Gasteiger partial charge in [-0.2, -0.15) is 0 Å². The Balaban J connectivity index is 1.81. The Morgan fingerprint density at radius 3 is 1.59 bits per heavy atom. The van der Waals surface area contributed by atoms with E-state index < -0.39 is 5.60 Å². The van der Waals surface area contributed by atoms with E-state index in [1.165, 1.54) is 6.42 Å². The fraction of sp³-hybridized carbons (Fsp3) is 0.280. The summed E-state index contributed by atoms with van der Waals surface area (Å²) in [4.78, 5) is 0. The number of benzene rings is 3. The molecule has 0 N–H and O–H groups in total. The van der Waals surface area contributed by atoms with Crippen LogP contribution in [0.2, 0.25) is 0 Å². The molecule has 2 heteroatoms. The second-order valence-corrected chi connectivity index (χ2v) is 7.08. The van der Waals surface area contributed by atoms with Crippen LogP contribution in [-0.4, -0.2) is 19.3 Å². The predicted octanol–water partition coefficient (Wildman–Crippen LogP) is 5.56. The van der Waals surface area contributed by atoms with Crippen LogP contribution in [0.1, 0.15) is 36.0 Å². The molecule has 4 rings (SSSR count). The zero-order chi connectivity index (χ0) is 18.4. The van der Waals surface area contributed by atoms with Gasteiger partial charge in [0.15, 0.2) is 0 Å². The summed E-state index contributed by atoms with van der Waals surface area (Å²) in [5.41, 5.74) is 2.76. The second kappa shape index (κ2) is 8.51. The van der Waals surface area contributed by atoms with Crippen molar-refractivity contribution in [2.45, 2.75) is 31.0 Å². The quantitative estimate of drug-likeness (QED) is 0.537. The third-order valence-electron chi connectivity index (χ3n) is 5.30. The Morgan fingerprint density at radius 1 is 0.704 bits per heavy atom. The van der Waals surface area contributed by atoms with Gasteiger partial charge in [0.1, 0.15) is 5.60 Å². The molecule has 0 unspecified atom stereocenters. The summed E-state index contributed by atoms with van der Waals surface area (Å²) in [7, 11) is 0. The molecular formula is C25H26O2. The van der Waals surface area contributed by atoms with Gasteiger partial charge < -0.3 is 9.47 Å². The van der Waals surface area contributed by atoms with Crippen molar-refractivity contribution in [2.24, 2.45) is 0 Å². The molecular weight excluding hydrogens is 332 g/mol. The third-order valence-corrected chi connectivity index (χ3v) is 5.30. The average molecular weight is 358 g/mol. The lowest BCUT2D eigenvalue weighted by molar-refractivity contribution is -0.0799. The molecule has 1 aliphatic rings. The monoisotopic (exact) mass is 358 g/mol. The van der Waals surface area contributed by atoms with Crippen molar-refractivity contribution in [3.63, 3.8) is 0 Å². The van der Waals surface area contributed by atoms with Crippen LogP contribution in [-0.2, 0) is 15.1 Å². The maximum absolute atomic E-state index is 6.80. The van der Waals surface area contributed by atoms with Crippen molar-refractivity contribution in [2.75, 3.05) is 13.2 Å². The second-order valence-electron chi connectivity index (χ2n) is 7.08. The van der Waals surface area contributed by atoms with E-state index in [0.717, 1.165) is 36.1 Å². The summed E-state index contributed by atoms with van der Waals surface area (Å²) >= 11 is 0. The lowest BCUT2D eigenvalue weighted by atomic mass is 9.80. The molecule has 0 spiro atoms. The number of hydrogen-bond acceptors (Lipinski definition) is 2. The molecule has 1 saturated heterocycles. The van der Waals surface area contributed by atoms with Gasteiger partial charge in [-0.25, -0.2) is 0 Å². The van der Waals surface area contributed by atoms with Gasteiger partial charge >= 0.3 is 0 Å². The Morgan fingerprint density at radius 2 is 1.19 bits per heavy atom. The molecule has 3 aromatic carbocycles. The summed E-state index contributed by atoms with van der Waals surface area (Å²) in [5, 5.41) is 0. The van der Waals surface area contributed by atoms with Crippen molar-refractivity contribution in [1.29, 1.82) is 0 Å². The molecule has 1 fully saturated rings. The minimum Gasteiger partial charge on any atom is -0.376 e. The minimum atomic E-state index is -0.648. The molecule has 138 valence electrons. The smallest absolute Gasteiger partial charge is 0.143 e. The SMILES string of the molecule is c1ccc(C(OC[C@H]2CCCCO2)(c2ccccc2)c2ccccc2)cc1. The van der Waals surface area contributed by atoms with Crippen LogP contribution < -0.4 is 0 Å². The van der Waals surface area contributed by atoms with Crippen LogP contribution in [0.4, 0.5) is 0 Å². The molecule has 3 aromatic rings. The molecule has 0 saturated carbocycles. The molecule has 0 radical (unpaired) electrons. The largest absolute Gasteiger partial charge is 0.376 e. The van der Waals surface area contributed by atoms with E-state index in [9.17, 15) is 0 Å². The summed E-state index contributed by atoms with van der Waals surface area (Å²) < 4.78 is 12.8. The fourth-order valence-electron chi connectivity index (χ4n) is 3.93. The zero-order valence-corrected chi connectivity index (χ0v) is 15.6. The molecule has 1 heterocycles. The highest BCUT2D eigenvalue weighted by Gasteiger charge is 2.38. The van der Waals surface area contributed by atoms with Crippen LogP contribution in [0.25, 0.3) is 0 Å². The highest BCUT2D eigenvalue weighted by atomic mass is 16.5. The molecule has 0 amide bonds. The highest BCUT2D eigenvalue weighted by molar-refractivity contribution is 5.47. The zero-order valence-electron chi connectivity index (χ0n) is 15.6. The van der Waals surface area contributed by atoms with E-state index in [-0.39, 0.29) is 6.10 Å². The maximum atomic E-state index is 6.80. The van der Waals surface area contributed by atoms with Crippen molar-refractivity contribution >= 4 is 0 Å². The van der Waals surface area contributed by atoms with Gasteiger partial charge in [-0.3, -0.25) is 0 Å². The summed E-state index contributed by atoms with van der Waals surface area (Å²) in [6, 6.07) is 31.6. The molecule has 2 nitrogen and oxygen atoms in total. The number of ether oxygens (including phenoxy) is 2. The first-order valence-corrected chi connectivity index (χ1v) is 9.82. The fourth-order valence-corrected chi connectivity index (χ4v) is 3.93. The van der Waals surface area contributed by atoms with E-state index >= 15 is 0 Å². The molecule has 0 bridgehead atoms. The first kappa shape index (κ1) is 18.0. The van der Waals surface area contributed by atoms with Crippen molar-refractivity contribution < 1.29 is 9.47 Å². The van der Waals surface area contributed by atoms with Crippen LogP contribution >= 0.6 is 0 Å².